The Balaban J connectivity index is 2.02. The number of hydrazine groups is 1. The molecule has 4 amide bonds. The maximum Gasteiger partial charge on any atom is 0.472 e. The standard InChI is InChI=1S/C13H8F3N3O4/c14-13(15,16)12(23)18-17-11(22)7-1-3-8(4-2-7)19-9(20)5-6-10(19)21/h1-6H,(H,17,22)(H,18,23). The Hall–Kier alpha value is -3.17. The summed E-state index contributed by atoms with van der Waals surface area (Å²) in [5.41, 5.74) is 2.92. The van der Waals surface area contributed by atoms with E-state index in [1.165, 1.54) is 29.7 Å². The van der Waals surface area contributed by atoms with Crippen LogP contribution in [0.3, 0.4) is 0 Å². The summed E-state index contributed by atoms with van der Waals surface area (Å²) in [6, 6.07) is 4.90. The van der Waals surface area contributed by atoms with Crippen LogP contribution >= 0.6 is 0 Å². The van der Waals surface area contributed by atoms with Crippen molar-refractivity contribution in [2.75, 3.05) is 4.90 Å². The third-order valence-electron chi connectivity index (χ3n) is 2.74. The quantitative estimate of drug-likeness (QED) is 0.609. The molecule has 7 nitrogen and oxygen atoms in total. The van der Waals surface area contributed by atoms with Gasteiger partial charge in [0.15, 0.2) is 0 Å². The van der Waals surface area contributed by atoms with Gasteiger partial charge in [0, 0.05) is 17.7 Å². The Morgan fingerprint density at radius 1 is 0.913 bits per heavy atom. The second-order valence-electron chi connectivity index (χ2n) is 4.30. The number of amides is 4. The minimum Gasteiger partial charge on any atom is -0.269 e. The largest absolute Gasteiger partial charge is 0.472 e. The number of halogens is 3. The van der Waals surface area contributed by atoms with Crippen LogP contribution in [0, 0.1) is 0 Å². The zero-order chi connectivity index (χ0) is 17.2. The number of benzene rings is 1. The molecule has 0 fully saturated rings. The number of hydrogen-bond donors (Lipinski definition) is 2. The Bertz CT molecular complexity index is 692. The molecule has 2 N–H and O–H groups in total. The van der Waals surface area contributed by atoms with Gasteiger partial charge in [0.05, 0.1) is 5.69 Å². The molecule has 1 aromatic rings. The SMILES string of the molecule is O=C(NNC(=O)C(F)(F)F)c1ccc(N2C(=O)C=CC2=O)cc1. The fraction of sp³-hybridized carbons (Fsp3) is 0.0769. The number of carbonyl (C=O) groups is 4. The van der Waals surface area contributed by atoms with Crippen molar-refractivity contribution in [2.24, 2.45) is 0 Å². The van der Waals surface area contributed by atoms with Crippen LogP contribution in [0.1, 0.15) is 10.4 Å². The number of alkyl halides is 3. The summed E-state index contributed by atoms with van der Waals surface area (Å²) in [6.07, 6.45) is -2.97. The van der Waals surface area contributed by atoms with Gasteiger partial charge in [-0.05, 0) is 24.3 Å². The minimum absolute atomic E-state index is 0.0803. The minimum atomic E-state index is -5.12. The van der Waals surface area contributed by atoms with Gasteiger partial charge in [0.25, 0.3) is 17.7 Å². The maximum atomic E-state index is 12.0. The van der Waals surface area contributed by atoms with Crippen molar-refractivity contribution in [1.29, 1.82) is 0 Å². The molecular formula is C13H8F3N3O4. The molecule has 0 unspecified atom stereocenters. The van der Waals surface area contributed by atoms with Gasteiger partial charge in [-0.1, -0.05) is 0 Å². The summed E-state index contributed by atoms with van der Waals surface area (Å²) in [5.74, 6) is -4.41. The summed E-state index contributed by atoms with van der Waals surface area (Å²) >= 11 is 0. The molecule has 1 aliphatic heterocycles. The predicted octanol–water partition coefficient (Wildman–Crippen LogP) is 0.439. The first-order chi connectivity index (χ1) is 10.7. The fourth-order valence-electron chi connectivity index (χ4n) is 1.67. The lowest BCUT2D eigenvalue weighted by Crippen LogP contribution is -2.47. The van der Waals surface area contributed by atoms with E-state index in [0.29, 0.717) is 0 Å². The van der Waals surface area contributed by atoms with E-state index in [-0.39, 0.29) is 11.3 Å². The molecule has 0 aliphatic carbocycles. The highest BCUT2D eigenvalue weighted by Gasteiger charge is 2.39. The van der Waals surface area contributed by atoms with Gasteiger partial charge in [-0.25, -0.2) is 4.90 Å². The van der Waals surface area contributed by atoms with Crippen LogP contribution in [-0.2, 0) is 14.4 Å². The summed E-state index contributed by atoms with van der Waals surface area (Å²) in [5, 5.41) is 0. The van der Waals surface area contributed by atoms with E-state index >= 15 is 0 Å². The van der Waals surface area contributed by atoms with Crippen molar-refractivity contribution in [1.82, 2.24) is 10.9 Å². The molecule has 10 heteroatoms. The lowest BCUT2D eigenvalue weighted by atomic mass is 10.2. The molecule has 0 bridgehead atoms. The molecule has 23 heavy (non-hydrogen) atoms. The highest BCUT2D eigenvalue weighted by atomic mass is 19.4. The highest BCUT2D eigenvalue weighted by Crippen LogP contribution is 2.19. The van der Waals surface area contributed by atoms with Gasteiger partial charge >= 0.3 is 12.1 Å². The third-order valence-corrected chi connectivity index (χ3v) is 2.74. The van der Waals surface area contributed by atoms with Gasteiger partial charge in [0.2, 0.25) is 0 Å². The Kier molecular flexibility index (Phi) is 4.16. The molecular weight excluding hydrogens is 319 g/mol. The third kappa shape index (κ3) is 3.54. The maximum absolute atomic E-state index is 12.0. The predicted molar refractivity (Wildman–Crippen MR) is 69.7 cm³/mol. The lowest BCUT2D eigenvalue weighted by molar-refractivity contribution is -0.174. The monoisotopic (exact) mass is 327 g/mol. The summed E-state index contributed by atoms with van der Waals surface area (Å²) in [7, 11) is 0. The van der Waals surface area contributed by atoms with Crippen molar-refractivity contribution in [3.8, 4) is 0 Å². The van der Waals surface area contributed by atoms with Gasteiger partial charge in [-0.3, -0.25) is 30.0 Å². The number of rotatable bonds is 2. The Morgan fingerprint density at radius 3 is 1.91 bits per heavy atom. The molecule has 0 radical (unpaired) electrons. The van der Waals surface area contributed by atoms with E-state index in [1.54, 1.807) is 5.43 Å². The van der Waals surface area contributed by atoms with Crippen molar-refractivity contribution >= 4 is 29.3 Å². The number of nitrogens with one attached hydrogen (secondary N) is 2. The van der Waals surface area contributed by atoms with E-state index in [1.807, 2.05) is 0 Å². The molecule has 0 spiro atoms. The summed E-state index contributed by atoms with van der Waals surface area (Å²) < 4.78 is 35.9. The summed E-state index contributed by atoms with van der Waals surface area (Å²) in [6.45, 7) is 0. The van der Waals surface area contributed by atoms with Gasteiger partial charge in [-0.15, -0.1) is 0 Å². The van der Waals surface area contributed by atoms with Gasteiger partial charge < -0.3 is 0 Å². The van der Waals surface area contributed by atoms with Crippen LogP contribution in [0.5, 0.6) is 0 Å². The number of nitrogens with zero attached hydrogens (tertiary/aromatic N) is 1. The highest BCUT2D eigenvalue weighted by molar-refractivity contribution is 6.28. The van der Waals surface area contributed by atoms with Crippen LogP contribution in [-0.4, -0.2) is 29.8 Å². The molecule has 1 aromatic carbocycles. The van der Waals surface area contributed by atoms with Crippen molar-refractivity contribution in [3.05, 3.63) is 42.0 Å². The van der Waals surface area contributed by atoms with Crippen LogP contribution in [0.4, 0.5) is 18.9 Å². The number of hydrogen-bond acceptors (Lipinski definition) is 4. The first-order valence-corrected chi connectivity index (χ1v) is 6.04. The zero-order valence-corrected chi connectivity index (χ0v) is 11.2. The lowest BCUT2D eigenvalue weighted by Gasteiger charge is -2.14. The number of imide groups is 1. The number of carbonyl (C=O) groups excluding carboxylic acids is 4. The molecule has 1 heterocycles. The van der Waals surface area contributed by atoms with E-state index in [9.17, 15) is 32.3 Å². The van der Waals surface area contributed by atoms with Crippen LogP contribution < -0.4 is 15.8 Å². The van der Waals surface area contributed by atoms with Crippen LogP contribution in [0.25, 0.3) is 0 Å². The zero-order valence-electron chi connectivity index (χ0n) is 11.2. The van der Waals surface area contributed by atoms with Crippen molar-refractivity contribution < 1.29 is 32.3 Å². The Labute approximate surface area is 126 Å². The van der Waals surface area contributed by atoms with E-state index in [4.69, 9.17) is 0 Å². The molecule has 0 saturated carbocycles. The van der Waals surface area contributed by atoms with E-state index in [0.717, 1.165) is 17.1 Å². The van der Waals surface area contributed by atoms with E-state index < -0.39 is 29.8 Å². The molecule has 1 aliphatic rings. The average molecular weight is 327 g/mol. The normalized spacial score (nSPS) is 14.1. The van der Waals surface area contributed by atoms with Gasteiger partial charge in [-0.2, -0.15) is 13.2 Å². The first kappa shape index (κ1) is 16.2. The average Bonchev–Trinajstić information content (AvgIpc) is 2.82. The first-order valence-electron chi connectivity index (χ1n) is 6.04. The molecule has 0 aromatic heterocycles. The van der Waals surface area contributed by atoms with Crippen LogP contribution in [0.15, 0.2) is 36.4 Å². The van der Waals surface area contributed by atoms with E-state index in [2.05, 4.69) is 0 Å². The molecule has 120 valence electrons. The summed E-state index contributed by atoms with van der Waals surface area (Å²) in [4.78, 5) is 45.9. The second kappa shape index (κ2) is 5.91. The van der Waals surface area contributed by atoms with Crippen molar-refractivity contribution in [3.63, 3.8) is 0 Å². The number of anilines is 1. The van der Waals surface area contributed by atoms with Gasteiger partial charge in [0.1, 0.15) is 0 Å². The van der Waals surface area contributed by atoms with Crippen molar-refractivity contribution in [2.45, 2.75) is 6.18 Å². The fourth-order valence-corrected chi connectivity index (χ4v) is 1.67. The second-order valence-corrected chi connectivity index (χ2v) is 4.30. The topological polar surface area (TPSA) is 95.6 Å². The smallest absolute Gasteiger partial charge is 0.269 e. The van der Waals surface area contributed by atoms with Crippen LogP contribution in [0.2, 0.25) is 0 Å². The molecule has 0 saturated heterocycles. The molecule has 2 rings (SSSR count). The Morgan fingerprint density at radius 2 is 1.43 bits per heavy atom. The molecule has 0 atom stereocenters.